The first-order chi connectivity index (χ1) is 9.52. The Balaban J connectivity index is 2.31. The number of nitriles is 1. The number of anilines is 1. The van der Waals surface area contributed by atoms with Crippen molar-refractivity contribution in [2.24, 2.45) is 0 Å². The quantitative estimate of drug-likeness (QED) is 0.905. The summed E-state index contributed by atoms with van der Waals surface area (Å²) in [5.41, 5.74) is -0.145. The highest BCUT2D eigenvalue weighted by atomic mass is 79.9. The first-order valence-corrected chi connectivity index (χ1v) is 6.27. The molecule has 0 saturated heterocycles. The molecule has 0 fully saturated rings. The van der Waals surface area contributed by atoms with Crippen LogP contribution in [0.3, 0.4) is 0 Å². The normalized spacial score (nSPS) is 9.90. The highest BCUT2D eigenvalue weighted by Gasteiger charge is 2.16. The van der Waals surface area contributed by atoms with E-state index in [0.717, 1.165) is 12.1 Å². The second-order valence-corrected chi connectivity index (χ2v) is 4.71. The van der Waals surface area contributed by atoms with Gasteiger partial charge >= 0.3 is 0 Å². The van der Waals surface area contributed by atoms with E-state index in [0.29, 0.717) is 4.47 Å². The molecule has 0 bridgehead atoms. The third-order valence-electron chi connectivity index (χ3n) is 2.53. The maximum Gasteiger partial charge on any atom is 0.259 e. The standard InChI is InChI=1S/C14H7BrF2N2O/c15-10-2-1-3-12(17)13(10)14(20)19-9-4-5-11(16)8(6-9)7-18/h1-6H,(H,19,20). The minimum Gasteiger partial charge on any atom is -0.322 e. The molecule has 20 heavy (non-hydrogen) atoms. The van der Waals surface area contributed by atoms with Crippen LogP contribution >= 0.6 is 15.9 Å². The van der Waals surface area contributed by atoms with Crippen molar-refractivity contribution in [3.8, 4) is 6.07 Å². The Bertz CT molecular complexity index is 705. The summed E-state index contributed by atoms with van der Waals surface area (Å²) in [4.78, 5) is 12.0. The summed E-state index contributed by atoms with van der Waals surface area (Å²) in [5.74, 6) is -2.05. The van der Waals surface area contributed by atoms with Gasteiger partial charge in [-0.05, 0) is 46.3 Å². The van der Waals surface area contributed by atoms with Crippen LogP contribution in [0.2, 0.25) is 0 Å². The van der Waals surface area contributed by atoms with E-state index in [9.17, 15) is 13.6 Å². The van der Waals surface area contributed by atoms with Crippen molar-refractivity contribution in [1.82, 2.24) is 0 Å². The predicted octanol–water partition coefficient (Wildman–Crippen LogP) is 3.85. The average molecular weight is 337 g/mol. The van der Waals surface area contributed by atoms with Crippen molar-refractivity contribution < 1.29 is 13.6 Å². The summed E-state index contributed by atoms with van der Waals surface area (Å²) in [6, 6.07) is 9.35. The number of hydrogen-bond donors (Lipinski definition) is 1. The molecule has 2 rings (SSSR count). The van der Waals surface area contributed by atoms with Crippen LogP contribution in [-0.2, 0) is 0 Å². The number of nitrogens with one attached hydrogen (secondary N) is 1. The Labute approximate surface area is 122 Å². The zero-order valence-corrected chi connectivity index (χ0v) is 11.5. The van der Waals surface area contributed by atoms with Crippen LogP contribution in [0.15, 0.2) is 40.9 Å². The van der Waals surface area contributed by atoms with E-state index in [-0.39, 0.29) is 16.8 Å². The summed E-state index contributed by atoms with van der Waals surface area (Å²) in [5, 5.41) is 11.1. The van der Waals surface area contributed by atoms with E-state index in [1.165, 1.54) is 24.3 Å². The summed E-state index contributed by atoms with van der Waals surface area (Å²) >= 11 is 3.09. The van der Waals surface area contributed by atoms with Gasteiger partial charge in [0.25, 0.3) is 5.91 Å². The Morgan fingerprint density at radius 3 is 2.60 bits per heavy atom. The zero-order chi connectivity index (χ0) is 14.7. The zero-order valence-electron chi connectivity index (χ0n) is 9.95. The van der Waals surface area contributed by atoms with Gasteiger partial charge in [-0.1, -0.05) is 6.07 Å². The van der Waals surface area contributed by atoms with E-state index < -0.39 is 17.5 Å². The molecule has 1 N–H and O–H groups in total. The van der Waals surface area contributed by atoms with E-state index in [1.807, 2.05) is 0 Å². The van der Waals surface area contributed by atoms with E-state index in [1.54, 1.807) is 6.07 Å². The molecule has 0 aromatic heterocycles. The molecule has 6 heteroatoms. The van der Waals surface area contributed by atoms with E-state index in [2.05, 4.69) is 21.2 Å². The Morgan fingerprint density at radius 2 is 1.95 bits per heavy atom. The molecular formula is C14H7BrF2N2O. The van der Waals surface area contributed by atoms with E-state index in [4.69, 9.17) is 5.26 Å². The summed E-state index contributed by atoms with van der Waals surface area (Å²) in [6.45, 7) is 0. The van der Waals surface area contributed by atoms with Gasteiger partial charge in [0.1, 0.15) is 17.7 Å². The smallest absolute Gasteiger partial charge is 0.259 e. The number of halogens is 3. The van der Waals surface area contributed by atoms with Gasteiger partial charge in [0, 0.05) is 10.2 Å². The molecule has 0 atom stereocenters. The summed E-state index contributed by atoms with van der Waals surface area (Å²) in [6.07, 6.45) is 0. The van der Waals surface area contributed by atoms with Crippen molar-refractivity contribution in [2.75, 3.05) is 5.32 Å². The molecule has 1 amide bonds. The van der Waals surface area contributed by atoms with Gasteiger partial charge in [0.05, 0.1) is 11.1 Å². The summed E-state index contributed by atoms with van der Waals surface area (Å²) < 4.78 is 27.1. The van der Waals surface area contributed by atoms with E-state index >= 15 is 0 Å². The molecule has 0 spiro atoms. The lowest BCUT2D eigenvalue weighted by atomic mass is 10.1. The van der Waals surface area contributed by atoms with Gasteiger partial charge in [0.15, 0.2) is 0 Å². The van der Waals surface area contributed by atoms with Crippen LogP contribution in [0.25, 0.3) is 0 Å². The number of benzene rings is 2. The largest absolute Gasteiger partial charge is 0.322 e. The van der Waals surface area contributed by atoms with Crippen molar-refractivity contribution in [2.45, 2.75) is 0 Å². The first kappa shape index (κ1) is 14.2. The molecule has 0 heterocycles. The fourth-order valence-corrected chi connectivity index (χ4v) is 2.12. The molecule has 0 saturated carbocycles. The number of amides is 1. The Kier molecular flexibility index (Phi) is 4.11. The number of carbonyl (C=O) groups excluding carboxylic acids is 1. The third-order valence-corrected chi connectivity index (χ3v) is 3.20. The van der Waals surface area contributed by atoms with Gasteiger partial charge in [-0.25, -0.2) is 8.78 Å². The molecule has 0 radical (unpaired) electrons. The predicted molar refractivity (Wildman–Crippen MR) is 73.2 cm³/mol. The minimum atomic E-state index is -0.689. The monoisotopic (exact) mass is 336 g/mol. The highest BCUT2D eigenvalue weighted by Crippen LogP contribution is 2.22. The number of carbonyl (C=O) groups is 1. The highest BCUT2D eigenvalue weighted by molar-refractivity contribution is 9.10. The molecular weight excluding hydrogens is 330 g/mol. The molecule has 0 aliphatic carbocycles. The molecule has 0 aliphatic rings. The number of nitrogens with zero attached hydrogens (tertiary/aromatic N) is 1. The van der Waals surface area contributed by atoms with Crippen LogP contribution in [0.1, 0.15) is 15.9 Å². The lowest BCUT2D eigenvalue weighted by Crippen LogP contribution is -2.14. The molecule has 100 valence electrons. The molecule has 3 nitrogen and oxygen atoms in total. The SMILES string of the molecule is N#Cc1cc(NC(=O)c2c(F)cccc2Br)ccc1F. The lowest BCUT2D eigenvalue weighted by molar-refractivity contribution is 0.102. The van der Waals surface area contributed by atoms with Crippen molar-refractivity contribution in [1.29, 1.82) is 5.26 Å². The maximum atomic E-state index is 13.6. The van der Waals surface area contributed by atoms with Crippen LogP contribution < -0.4 is 5.32 Å². The molecule has 2 aromatic carbocycles. The molecule has 2 aromatic rings. The molecule has 0 unspecified atom stereocenters. The maximum absolute atomic E-state index is 13.6. The second kappa shape index (κ2) is 5.80. The topological polar surface area (TPSA) is 52.9 Å². The average Bonchev–Trinajstić information content (AvgIpc) is 2.40. The van der Waals surface area contributed by atoms with Crippen molar-refractivity contribution >= 4 is 27.5 Å². The van der Waals surface area contributed by atoms with Crippen LogP contribution in [0, 0.1) is 23.0 Å². The van der Waals surface area contributed by atoms with Crippen LogP contribution in [0.4, 0.5) is 14.5 Å². The Hall–Kier alpha value is -2.26. The van der Waals surface area contributed by atoms with Gasteiger partial charge in [-0.15, -0.1) is 0 Å². The van der Waals surface area contributed by atoms with Crippen molar-refractivity contribution in [3.63, 3.8) is 0 Å². The fourth-order valence-electron chi connectivity index (χ4n) is 1.60. The fraction of sp³-hybridized carbons (Fsp3) is 0. The van der Waals surface area contributed by atoms with Crippen molar-refractivity contribution in [3.05, 3.63) is 63.6 Å². The van der Waals surface area contributed by atoms with Crippen LogP contribution in [0.5, 0.6) is 0 Å². The van der Waals surface area contributed by atoms with Gasteiger partial charge in [0.2, 0.25) is 0 Å². The van der Waals surface area contributed by atoms with Gasteiger partial charge in [-0.2, -0.15) is 5.26 Å². The van der Waals surface area contributed by atoms with Gasteiger partial charge < -0.3 is 5.32 Å². The third kappa shape index (κ3) is 2.83. The van der Waals surface area contributed by atoms with Gasteiger partial charge in [-0.3, -0.25) is 4.79 Å². The lowest BCUT2D eigenvalue weighted by Gasteiger charge is -2.08. The summed E-state index contributed by atoms with van der Waals surface area (Å²) in [7, 11) is 0. The first-order valence-electron chi connectivity index (χ1n) is 5.48. The second-order valence-electron chi connectivity index (χ2n) is 3.86. The van der Waals surface area contributed by atoms with Crippen LogP contribution in [-0.4, -0.2) is 5.91 Å². The molecule has 0 aliphatic heterocycles. The minimum absolute atomic E-state index is 0.157. The number of rotatable bonds is 2. The number of hydrogen-bond acceptors (Lipinski definition) is 2. The Morgan fingerprint density at radius 1 is 1.20 bits per heavy atom.